The lowest BCUT2D eigenvalue weighted by atomic mass is 9.96. The maximum Gasteiger partial charge on any atom is 0.251 e. The molecule has 186 valence electrons. The monoisotopic (exact) mass is 491 g/mol. The molecular weight excluding hydrogens is 457 g/mol. The van der Waals surface area contributed by atoms with E-state index in [4.69, 9.17) is 5.73 Å². The number of aromatic amines is 1. The summed E-state index contributed by atoms with van der Waals surface area (Å²) in [5.41, 5.74) is 5.34. The molecule has 1 aromatic heterocycles. The topological polar surface area (TPSA) is 154 Å². The molecule has 0 bridgehead atoms. The fourth-order valence-corrected chi connectivity index (χ4v) is 5.29. The quantitative estimate of drug-likeness (QED) is 0.362. The maximum atomic E-state index is 13.6. The molecule has 5 N–H and O–H groups in total. The van der Waals surface area contributed by atoms with Crippen molar-refractivity contribution in [1.29, 1.82) is 0 Å². The van der Waals surface area contributed by atoms with Crippen LogP contribution in [0, 0.1) is 17.3 Å². The van der Waals surface area contributed by atoms with Crippen molar-refractivity contribution in [2.75, 3.05) is 6.54 Å². The molecule has 1 aromatic rings. The molecule has 0 aromatic carbocycles. The fourth-order valence-electron chi connectivity index (χ4n) is 5.07. The zero-order valence-electron chi connectivity index (χ0n) is 20.2. The van der Waals surface area contributed by atoms with Crippen LogP contribution in [0.4, 0.5) is 0 Å². The Kier molecular flexibility index (Phi) is 6.95. The number of nitrogens with two attached hydrogens (primary N) is 1. The van der Waals surface area contributed by atoms with Crippen LogP contribution in [0.15, 0.2) is 23.1 Å². The fraction of sp³-hybridized carbons (Fsp3) is 0.609. The number of amides is 4. The number of fused-ring (bicyclic) bond motifs is 1. The van der Waals surface area contributed by atoms with E-state index in [1.807, 2.05) is 27.7 Å². The molecule has 0 spiro atoms. The van der Waals surface area contributed by atoms with Gasteiger partial charge in [0.05, 0.1) is 0 Å². The summed E-state index contributed by atoms with van der Waals surface area (Å²) in [5.74, 6) is -1.93. The number of carbonyl (C=O) groups is 4. The summed E-state index contributed by atoms with van der Waals surface area (Å²) in [6.45, 7) is 9.44. The standard InChI is InChI=1S/C23H34N5O5P/c1-11(29)26-17(23(4,5)34)21(33)28-10-13-15(22(13,2)3)16(28)20(32)27-14(18(24)30)9-12-7-6-8-25-19(12)31/h6-8,13-17H,9-10,34H2,1-5H3,(H2,24,30)(H,25,31)(H,26,29)(H,27,32)/t13-,14?,15-,16?,17+/m0/s1. The highest BCUT2D eigenvalue weighted by atomic mass is 31.0. The minimum atomic E-state index is -1.11. The van der Waals surface area contributed by atoms with Crippen molar-refractivity contribution >= 4 is 32.9 Å². The van der Waals surface area contributed by atoms with Crippen molar-refractivity contribution < 1.29 is 19.2 Å². The highest BCUT2D eigenvalue weighted by molar-refractivity contribution is 7.19. The highest BCUT2D eigenvalue weighted by Crippen LogP contribution is 2.65. The van der Waals surface area contributed by atoms with Crippen LogP contribution in [-0.4, -0.2) is 63.3 Å². The van der Waals surface area contributed by atoms with Crippen molar-refractivity contribution in [3.63, 3.8) is 0 Å². The van der Waals surface area contributed by atoms with Crippen LogP contribution >= 0.6 is 9.24 Å². The van der Waals surface area contributed by atoms with Gasteiger partial charge in [-0.15, -0.1) is 9.24 Å². The van der Waals surface area contributed by atoms with E-state index in [2.05, 4.69) is 24.9 Å². The summed E-state index contributed by atoms with van der Waals surface area (Å²) in [7, 11) is 2.57. The van der Waals surface area contributed by atoms with Gasteiger partial charge in [0, 0.05) is 36.8 Å². The molecule has 10 nitrogen and oxygen atoms in total. The van der Waals surface area contributed by atoms with Crippen LogP contribution in [0.5, 0.6) is 0 Å². The van der Waals surface area contributed by atoms with Gasteiger partial charge < -0.3 is 26.3 Å². The summed E-state index contributed by atoms with van der Waals surface area (Å²) in [5, 5.41) is 4.73. The number of pyridine rings is 1. The minimum Gasteiger partial charge on any atom is -0.368 e. The van der Waals surface area contributed by atoms with E-state index >= 15 is 0 Å². The van der Waals surface area contributed by atoms with E-state index in [9.17, 15) is 24.0 Å². The third-order valence-electron chi connectivity index (χ3n) is 7.08. The number of hydrogen-bond acceptors (Lipinski definition) is 5. The number of rotatable bonds is 8. The van der Waals surface area contributed by atoms with Crippen molar-refractivity contribution in [2.24, 2.45) is 23.0 Å². The van der Waals surface area contributed by atoms with E-state index < -0.39 is 35.1 Å². The lowest BCUT2D eigenvalue weighted by Crippen LogP contribution is -2.61. The van der Waals surface area contributed by atoms with Crippen molar-refractivity contribution in [1.82, 2.24) is 20.5 Å². The molecule has 0 radical (unpaired) electrons. The van der Waals surface area contributed by atoms with Crippen LogP contribution in [0.25, 0.3) is 0 Å². The SMILES string of the molecule is CC(=O)N[C@H](C(=O)N1C[C@H]2[C@@H](C1C(=O)NC(Cc1ccc[nH]c1=O)C(N)=O)C2(C)C)C(C)(C)P. The van der Waals surface area contributed by atoms with Gasteiger partial charge >= 0.3 is 0 Å². The van der Waals surface area contributed by atoms with Gasteiger partial charge in [-0.1, -0.05) is 33.8 Å². The van der Waals surface area contributed by atoms with Gasteiger partial charge in [-0.05, 0) is 23.3 Å². The van der Waals surface area contributed by atoms with Crippen LogP contribution in [0.3, 0.4) is 0 Å². The molecule has 6 atom stereocenters. The molecule has 1 aliphatic heterocycles. The Balaban J connectivity index is 1.86. The third kappa shape index (κ3) is 5.02. The average molecular weight is 492 g/mol. The van der Waals surface area contributed by atoms with E-state index in [1.165, 1.54) is 18.0 Å². The summed E-state index contributed by atoms with van der Waals surface area (Å²) in [6, 6.07) is 0.412. The smallest absolute Gasteiger partial charge is 0.251 e. The maximum absolute atomic E-state index is 13.6. The van der Waals surface area contributed by atoms with Crippen molar-refractivity contribution in [3.8, 4) is 0 Å². The summed E-state index contributed by atoms with van der Waals surface area (Å²) in [6.07, 6.45) is 1.41. The molecular formula is C23H34N5O5P. The summed E-state index contributed by atoms with van der Waals surface area (Å²) >= 11 is 0. The zero-order chi connectivity index (χ0) is 25.6. The Bertz CT molecular complexity index is 1060. The number of nitrogens with one attached hydrogen (secondary N) is 3. The first-order chi connectivity index (χ1) is 15.7. The average Bonchev–Trinajstić information content (AvgIpc) is 3.07. The Hall–Kier alpha value is -2.74. The van der Waals surface area contributed by atoms with E-state index in [1.54, 1.807) is 12.1 Å². The molecule has 34 heavy (non-hydrogen) atoms. The second kappa shape index (κ2) is 9.13. The molecule has 2 heterocycles. The molecule has 1 aliphatic carbocycles. The number of hydrogen-bond donors (Lipinski definition) is 4. The lowest BCUT2D eigenvalue weighted by Gasteiger charge is -2.37. The number of primary amides is 1. The highest BCUT2D eigenvalue weighted by Gasteiger charge is 2.69. The van der Waals surface area contributed by atoms with Gasteiger partial charge in [0.25, 0.3) is 5.56 Å². The first kappa shape index (κ1) is 25.9. The van der Waals surface area contributed by atoms with E-state index in [0.29, 0.717) is 12.1 Å². The summed E-state index contributed by atoms with van der Waals surface area (Å²) < 4.78 is 0. The second-order valence-electron chi connectivity index (χ2n) is 10.5. The first-order valence-electron chi connectivity index (χ1n) is 11.3. The predicted octanol–water partition coefficient (Wildman–Crippen LogP) is -0.471. The van der Waals surface area contributed by atoms with Crippen LogP contribution in [-0.2, 0) is 25.6 Å². The molecule has 2 aliphatic rings. The molecule has 3 unspecified atom stereocenters. The van der Waals surface area contributed by atoms with Gasteiger partial charge in [-0.25, -0.2) is 0 Å². The van der Waals surface area contributed by atoms with E-state index in [-0.39, 0.29) is 41.0 Å². The Morgan fingerprint density at radius 2 is 1.94 bits per heavy atom. The van der Waals surface area contributed by atoms with E-state index in [0.717, 1.165) is 0 Å². The normalized spacial score (nSPS) is 24.5. The Morgan fingerprint density at radius 1 is 1.29 bits per heavy atom. The van der Waals surface area contributed by atoms with Crippen LogP contribution in [0.1, 0.15) is 40.2 Å². The van der Waals surface area contributed by atoms with Gasteiger partial charge in [0.15, 0.2) is 0 Å². The molecule has 1 saturated heterocycles. The molecule has 3 rings (SSSR count). The number of H-pyrrole nitrogens is 1. The molecule has 2 fully saturated rings. The van der Waals surface area contributed by atoms with Gasteiger partial charge in [-0.2, -0.15) is 0 Å². The Morgan fingerprint density at radius 3 is 2.47 bits per heavy atom. The van der Waals surface area contributed by atoms with Gasteiger partial charge in [-0.3, -0.25) is 24.0 Å². The number of likely N-dealkylation sites (tertiary alicyclic amines) is 1. The zero-order valence-corrected chi connectivity index (χ0v) is 21.3. The largest absolute Gasteiger partial charge is 0.368 e. The molecule has 11 heteroatoms. The summed E-state index contributed by atoms with van der Waals surface area (Å²) in [4.78, 5) is 67.0. The number of piperidine rings is 1. The molecule has 4 amide bonds. The van der Waals surface area contributed by atoms with Crippen molar-refractivity contribution in [2.45, 2.75) is 64.3 Å². The third-order valence-corrected chi connectivity index (χ3v) is 7.42. The van der Waals surface area contributed by atoms with Gasteiger partial charge in [0.1, 0.15) is 18.1 Å². The number of nitrogens with zero attached hydrogens (tertiary/aromatic N) is 1. The Labute approximate surface area is 201 Å². The molecule has 1 saturated carbocycles. The van der Waals surface area contributed by atoms with Crippen LogP contribution < -0.4 is 21.9 Å². The van der Waals surface area contributed by atoms with Crippen molar-refractivity contribution in [3.05, 3.63) is 34.2 Å². The van der Waals surface area contributed by atoms with Crippen LogP contribution in [0.2, 0.25) is 0 Å². The second-order valence-corrected chi connectivity index (χ2v) is 12.0. The first-order valence-corrected chi connectivity index (χ1v) is 11.9. The number of aromatic nitrogens is 1. The van der Waals surface area contributed by atoms with Gasteiger partial charge in [0.2, 0.25) is 23.6 Å². The predicted molar refractivity (Wildman–Crippen MR) is 130 cm³/mol. The minimum absolute atomic E-state index is 0.0669. The lowest BCUT2D eigenvalue weighted by molar-refractivity contribution is -0.144. The number of carbonyl (C=O) groups excluding carboxylic acids is 4.